The lowest BCUT2D eigenvalue weighted by atomic mass is 10.1. The third-order valence-electron chi connectivity index (χ3n) is 3.15. The molecule has 0 aliphatic heterocycles. The van der Waals surface area contributed by atoms with Crippen molar-refractivity contribution in [3.05, 3.63) is 64.7 Å². The lowest BCUT2D eigenvalue weighted by Crippen LogP contribution is -2.27. The van der Waals surface area contributed by atoms with Crippen LogP contribution in [0.5, 0.6) is 0 Å². The highest BCUT2D eigenvalue weighted by Crippen LogP contribution is 2.24. The van der Waals surface area contributed by atoms with Crippen LogP contribution in [0.4, 0.5) is 0 Å². The second kappa shape index (κ2) is 6.48. The van der Waals surface area contributed by atoms with E-state index in [1.807, 2.05) is 0 Å². The summed E-state index contributed by atoms with van der Waals surface area (Å²) in [5, 5.41) is 0.488. The Morgan fingerprint density at radius 1 is 1.14 bits per heavy atom. The molecule has 2 rings (SSSR count). The topological polar surface area (TPSA) is 89.3 Å². The number of sulfonamides is 1. The minimum absolute atomic E-state index is 0.0522. The van der Waals surface area contributed by atoms with Crippen LogP contribution in [0, 0.1) is 0 Å². The molecule has 1 amide bonds. The second-order valence-electron chi connectivity index (χ2n) is 4.75. The molecule has 0 bridgehead atoms. The number of nitrogens with one attached hydrogen (secondary N) is 1. The minimum Gasteiger partial charge on any atom is -0.366 e. The third kappa shape index (κ3) is 3.65. The molecular weight excluding hydrogens is 324 g/mol. The second-order valence-corrected chi connectivity index (χ2v) is 6.87. The lowest BCUT2D eigenvalue weighted by Gasteiger charge is -2.16. The first-order valence-electron chi connectivity index (χ1n) is 6.48. The lowest BCUT2D eigenvalue weighted by molar-refractivity contribution is 0.1000. The monoisotopic (exact) mass is 338 g/mol. The first-order chi connectivity index (χ1) is 10.3. The van der Waals surface area contributed by atoms with Gasteiger partial charge in [0.1, 0.15) is 0 Å². The van der Waals surface area contributed by atoms with E-state index in [1.54, 1.807) is 31.2 Å². The summed E-state index contributed by atoms with van der Waals surface area (Å²) < 4.78 is 27.2. The van der Waals surface area contributed by atoms with Crippen molar-refractivity contribution in [2.24, 2.45) is 5.73 Å². The van der Waals surface area contributed by atoms with Gasteiger partial charge in [0.2, 0.25) is 15.9 Å². The number of halogens is 1. The number of carbonyl (C=O) groups excluding carboxylic acids is 1. The van der Waals surface area contributed by atoms with Gasteiger partial charge >= 0.3 is 0 Å². The molecule has 0 fully saturated rings. The van der Waals surface area contributed by atoms with Crippen molar-refractivity contribution in [2.75, 3.05) is 0 Å². The van der Waals surface area contributed by atoms with Gasteiger partial charge in [-0.2, -0.15) is 0 Å². The molecule has 0 aromatic heterocycles. The van der Waals surface area contributed by atoms with Crippen molar-refractivity contribution in [1.29, 1.82) is 0 Å². The summed E-state index contributed by atoms with van der Waals surface area (Å²) in [5.74, 6) is -0.610. The summed E-state index contributed by atoms with van der Waals surface area (Å²) in [6, 6.07) is 11.9. The molecule has 0 aliphatic carbocycles. The van der Waals surface area contributed by atoms with E-state index in [-0.39, 0.29) is 10.5 Å². The molecule has 0 saturated carbocycles. The highest BCUT2D eigenvalue weighted by molar-refractivity contribution is 7.89. The Kier molecular flexibility index (Phi) is 4.85. The van der Waals surface area contributed by atoms with Gasteiger partial charge in [0.05, 0.1) is 4.90 Å². The molecule has 0 heterocycles. The third-order valence-corrected chi connectivity index (χ3v) is 5.05. The standard InChI is InChI=1S/C15H15ClN2O3S/c1-10(13-4-2-3-5-14(13)16)18-22(20,21)12-8-6-11(7-9-12)15(17)19/h2-10,18H,1H3,(H2,17,19). The van der Waals surface area contributed by atoms with Gasteiger partial charge in [-0.1, -0.05) is 29.8 Å². The van der Waals surface area contributed by atoms with E-state index < -0.39 is 22.0 Å². The van der Waals surface area contributed by atoms with Gasteiger partial charge in [-0.15, -0.1) is 0 Å². The maximum Gasteiger partial charge on any atom is 0.248 e. The van der Waals surface area contributed by atoms with E-state index in [4.69, 9.17) is 17.3 Å². The Hall–Kier alpha value is -1.89. The quantitative estimate of drug-likeness (QED) is 0.877. The van der Waals surface area contributed by atoms with Crippen molar-refractivity contribution >= 4 is 27.5 Å². The number of nitrogens with two attached hydrogens (primary N) is 1. The first kappa shape index (κ1) is 16.5. The van der Waals surface area contributed by atoms with Crippen molar-refractivity contribution in [3.8, 4) is 0 Å². The smallest absolute Gasteiger partial charge is 0.248 e. The van der Waals surface area contributed by atoms with Gasteiger partial charge in [0.15, 0.2) is 0 Å². The zero-order valence-corrected chi connectivity index (χ0v) is 13.4. The molecule has 116 valence electrons. The van der Waals surface area contributed by atoms with Crippen LogP contribution in [0.3, 0.4) is 0 Å². The summed E-state index contributed by atoms with van der Waals surface area (Å²) in [5.41, 5.74) is 6.06. The molecule has 0 saturated heterocycles. The highest BCUT2D eigenvalue weighted by Gasteiger charge is 2.19. The zero-order chi connectivity index (χ0) is 16.3. The normalized spacial score (nSPS) is 12.8. The van der Waals surface area contributed by atoms with Crippen LogP contribution in [-0.2, 0) is 10.0 Å². The summed E-state index contributed by atoms with van der Waals surface area (Å²) in [7, 11) is -3.73. The van der Waals surface area contributed by atoms with Gasteiger partial charge in [-0.3, -0.25) is 4.79 Å². The van der Waals surface area contributed by atoms with Crippen LogP contribution in [0.1, 0.15) is 28.9 Å². The van der Waals surface area contributed by atoms with Gasteiger partial charge in [-0.25, -0.2) is 13.1 Å². The SMILES string of the molecule is CC(NS(=O)(=O)c1ccc(C(N)=O)cc1)c1ccccc1Cl. The van der Waals surface area contributed by atoms with Crippen LogP contribution < -0.4 is 10.5 Å². The molecular formula is C15H15ClN2O3S. The molecule has 0 radical (unpaired) electrons. The Balaban J connectivity index is 2.24. The van der Waals surface area contributed by atoms with Crippen molar-refractivity contribution in [2.45, 2.75) is 17.9 Å². The Morgan fingerprint density at radius 2 is 1.73 bits per heavy atom. The minimum atomic E-state index is -3.73. The van der Waals surface area contributed by atoms with Crippen molar-refractivity contribution in [1.82, 2.24) is 4.72 Å². The Labute approximate surface area is 134 Å². The predicted octanol–water partition coefficient (Wildman–Crippen LogP) is 2.48. The zero-order valence-electron chi connectivity index (χ0n) is 11.8. The number of rotatable bonds is 5. The number of primary amides is 1. The highest BCUT2D eigenvalue weighted by atomic mass is 35.5. The van der Waals surface area contributed by atoms with E-state index in [0.29, 0.717) is 10.6 Å². The fraction of sp³-hybridized carbons (Fsp3) is 0.133. The number of carbonyl (C=O) groups is 1. The number of benzene rings is 2. The largest absolute Gasteiger partial charge is 0.366 e. The van der Waals surface area contributed by atoms with E-state index in [1.165, 1.54) is 24.3 Å². The van der Waals surface area contributed by atoms with E-state index in [0.717, 1.165) is 0 Å². The number of amides is 1. The fourth-order valence-corrected chi connectivity index (χ4v) is 3.51. The van der Waals surface area contributed by atoms with Crippen LogP contribution in [0.25, 0.3) is 0 Å². The fourth-order valence-electron chi connectivity index (χ4n) is 1.99. The van der Waals surface area contributed by atoms with Gasteiger partial charge in [0.25, 0.3) is 0 Å². The summed E-state index contributed by atoms with van der Waals surface area (Å²) in [6.07, 6.45) is 0. The van der Waals surface area contributed by atoms with E-state index in [2.05, 4.69) is 4.72 Å². The first-order valence-corrected chi connectivity index (χ1v) is 8.34. The summed E-state index contributed by atoms with van der Waals surface area (Å²) in [6.45, 7) is 1.70. The van der Waals surface area contributed by atoms with Crippen molar-refractivity contribution in [3.63, 3.8) is 0 Å². The summed E-state index contributed by atoms with van der Waals surface area (Å²) in [4.78, 5) is 11.1. The Morgan fingerprint density at radius 3 is 2.27 bits per heavy atom. The van der Waals surface area contributed by atoms with Gasteiger partial charge < -0.3 is 5.73 Å². The van der Waals surface area contributed by atoms with E-state index in [9.17, 15) is 13.2 Å². The molecule has 0 aliphatic rings. The van der Waals surface area contributed by atoms with Crippen LogP contribution in [0.2, 0.25) is 5.02 Å². The Bertz CT molecular complexity index is 789. The molecule has 22 heavy (non-hydrogen) atoms. The van der Waals surface area contributed by atoms with Crippen LogP contribution >= 0.6 is 11.6 Å². The van der Waals surface area contributed by atoms with Crippen LogP contribution in [0.15, 0.2) is 53.4 Å². The number of hydrogen-bond donors (Lipinski definition) is 2. The molecule has 1 atom stereocenters. The van der Waals surface area contributed by atoms with Gasteiger partial charge in [0, 0.05) is 16.6 Å². The average molecular weight is 339 g/mol. The molecule has 3 N–H and O–H groups in total. The average Bonchev–Trinajstić information content (AvgIpc) is 2.47. The molecule has 7 heteroatoms. The van der Waals surface area contributed by atoms with Crippen LogP contribution in [-0.4, -0.2) is 14.3 Å². The van der Waals surface area contributed by atoms with Crippen molar-refractivity contribution < 1.29 is 13.2 Å². The molecule has 5 nitrogen and oxygen atoms in total. The molecule has 1 unspecified atom stereocenters. The maximum atomic E-state index is 12.3. The molecule has 2 aromatic rings. The number of hydrogen-bond acceptors (Lipinski definition) is 3. The van der Waals surface area contributed by atoms with Gasteiger partial charge in [-0.05, 0) is 42.8 Å². The molecule has 0 spiro atoms. The molecule has 2 aromatic carbocycles. The summed E-state index contributed by atoms with van der Waals surface area (Å²) >= 11 is 6.06. The van der Waals surface area contributed by atoms with E-state index >= 15 is 0 Å². The predicted molar refractivity (Wildman–Crippen MR) is 85.1 cm³/mol. The maximum absolute atomic E-state index is 12.3.